The fourth-order valence-corrected chi connectivity index (χ4v) is 3.62. The van der Waals surface area contributed by atoms with E-state index in [0.29, 0.717) is 11.3 Å². The highest BCUT2D eigenvalue weighted by atomic mass is 32.2. The third kappa shape index (κ3) is 3.58. The number of primary amides is 1. The molecule has 1 amide bonds. The zero-order chi connectivity index (χ0) is 15.6. The number of sulfonamides is 1. The molecule has 21 heavy (non-hydrogen) atoms. The van der Waals surface area contributed by atoms with Crippen LogP contribution in [-0.4, -0.2) is 35.2 Å². The zero-order valence-corrected chi connectivity index (χ0v) is 12.0. The molecule has 112 valence electrons. The molecule has 2 aromatic rings. The number of carbonyl (C=O) groups is 2. The summed E-state index contributed by atoms with van der Waals surface area (Å²) in [5.41, 5.74) is 5.13. The van der Waals surface area contributed by atoms with Crippen LogP contribution in [0.1, 0.15) is 9.67 Å². The van der Waals surface area contributed by atoms with Gasteiger partial charge in [0.15, 0.2) is 0 Å². The number of carbonyl (C=O) groups excluding carboxylic acids is 1. The Bertz CT molecular complexity index is 792. The van der Waals surface area contributed by atoms with E-state index in [1.54, 1.807) is 0 Å². The van der Waals surface area contributed by atoms with Crippen LogP contribution in [0.2, 0.25) is 0 Å². The maximum absolute atomic E-state index is 12.0. The highest BCUT2D eigenvalue weighted by Crippen LogP contribution is 2.23. The quantitative estimate of drug-likeness (QED) is 0.676. The highest BCUT2D eigenvalue weighted by Gasteiger charge is 2.19. The van der Waals surface area contributed by atoms with Gasteiger partial charge in [-0.1, -0.05) is 0 Å². The first-order valence-electron chi connectivity index (χ1n) is 5.44. The summed E-state index contributed by atoms with van der Waals surface area (Å²) in [5, 5.41) is 12.5. The summed E-state index contributed by atoms with van der Waals surface area (Å²) in [7, 11) is -3.91. The Kier molecular flexibility index (Phi) is 3.95. The largest absolute Gasteiger partial charge is 0.477 e. The maximum Gasteiger partial charge on any atom is 0.345 e. The van der Waals surface area contributed by atoms with Gasteiger partial charge in [0.05, 0.1) is 11.9 Å². The van der Waals surface area contributed by atoms with E-state index in [2.05, 4.69) is 9.82 Å². The Labute approximate surface area is 123 Å². The van der Waals surface area contributed by atoms with Crippen LogP contribution in [0.25, 0.3) is 0 Å². The third-order valence-electron chi connectivity index (χ3n) is 2.26. The third-order valence-corrected chi connectivity index (χ3v) is 5.21. The fourth-order valence-electron chi connectivity index (χ4n) is 1.45. The minimum Gasteiger partial charge on any atom is -0.477 e. The molecule has 0 spiro atoms. The van der Waals surface area contributed by atoms with Gasteiger partial charge < -0.3 is 10.8 Å². The number of nitrogens with zero attached hydrogens (tertiary/aromatic N) is 2. The summed E-state index contributed by atoms with van der Waals surface area (Å²) in [4.78, 5) is 21.4. The van der Waals surface area contributed by atoms with Gasteiger partial charge in [-0.15, -0.1) is 11.3 Å². The Morgan fingerprint density at radius 3 is 2.71 bits per heavy atom. The van der Waals surface area contributed by atoms with Crippen molar-refractivity contribution in [2.75, 3.05) is 4.72 Å². The lowest BCUT2D eigenvalue weighted by molar-refractivity contribution is -0.118. The molecule has 2 heterocycles. The number of carboxylic acids is 1. The summed E-state index contributed by atoms with van der Waals surface area (Å²) < 4.78 is 27.4. The van der Waals surface area contributed by atoms with E-state index in [-0.39, 0.29) is 21.3 Å². The number of nitrogens with two attached hydrogens (primary N) is 1. The summed E-state index contributed by atoms with van der Waals surface area (Å²) in [6, 6.07) is 2.41. The molecule has 0 atom stereocenters. The van der Waals surface area contributed by atoms with Crippen molar-refractivity contribution in [2.45, 2.75) is 10.8 Å². The van der Waals surface area contributed by atoms with Crippen molar-refractivity contribution < 1.29 is 23.1 Å². The van der Waals surface area contributed by atoms with Crippen LogP contribution in [0.4, 0.5) is 5.69 Å². The normalized spacial score (nSPS) is 11.2. The van der Waals surface area contributed by atoms with Crippen LogP contribution < -0.4 is 10.5 Å². The minimum absolute atomic E-state index is 0.0835. The zero-order valence-electron chi connectivity index (χ0n) is 10.4. The van der Waals surface area contributed by atoms with Crippen LogP contribution in [0, 0.1) is 0 Å². The van der Waals surface area contributed by atoms with Crippen LogP contribution in [0.15, 0.2) is 28.7 Å². The summed E-state index contributed by atoms with van der Waals surface area (Å²) in [6.07, 6.45) is 2.51. The molecule has 0 aliphatic carbocycles. The number of rotatable bonds is 6. The standard InChI is InChI=1S/C10H10N4O5S2/c11-8(15)5-14-4-6(3-12-14)13-21(18,19)9-2-1-7(20-9)10(16)17/h1-4,13H,5H2,(H2,11,15)(H,16,17). The molecule has 0 aliphatic rings. The van der Waals surface area contributed by atoms with Gasteiger partial charge in [0.25, 0.3) is 10.0 Å². The van der Waals surface area contributed by atoms with Crippen molar-refractivity contribution in [3.8, 4) is 0 Å². The first kappa shape index (κ1) is 15.0. The number of aromatic carboxylic acids is 1. The molecule has 11 heteroatoms. The molecule has 4 N–H and O–H groups in total. The molecule has 0 bridgehead atoms. The van der Waals surface area contributed by atoms with Crippen LogP contribution in [0.3, 0.4) is 0 Å². The Morgan fingerprint density at radius 2 is 2.14 bits per heavy atom. The van der Waals surface area contributed by atoms with E-state index in [0.717, 1.165) is 0 Å². The molecule has 0 saturated carbocycles. The van der Waals surface area contributed by atoms with Gasteiger partial charge in [-0.2, -0.15) is 5.10 Å². The second kappa shape index (κ2) is 5.54. The smallest absolute Gasteiger partial charge is 0.345 e. The van der Waals surface area contributed by atoms with Gasteiger partial charge in [-0.05, 0) is 12.1 Å². The van der Waals surface area contributed by atoms with E-state index in [9.17, 15) is 18.0 Å². The van der Waals surface area contributed by atoms with E-state index in [1.807, 2.05) is 0 Å². The van der Waals surface area contributed by atoms with Crippen LogP contribution >= 0.6 is 11.3 Å². The predicted molar refractivity (Wildman–Crippen MR) is 73.5 cm³/mol. The molecule has 0 radical (unpaired) electrons. The lowest BCUT2D eigenvalue weighted by atomic mass is 10.5. The van der Waals surface area contributed by atoms with Crippen molar-refractivity contribution in [1.82, 2.24) is 9.78 Å². The number of aromatic nitrogens is 2. The number of nitrogens with one attached hydrogen (secondary N) is 1. The van der Waals surface area contributed by atoms with Crippen LogP contribution in [0.5, 0.6) is 0 Å². The molecule has 2 rings (SSSR count). The van der Waals surface area contributed by atoms with Crippen molar-refractivity contribution in [3.63, 3.8) is 0 Å². The summed E-state index contributed by atoms with van der Waals surface area (Å²) in [5.74, 6) is -1.81. The number of anilines is 1. The van der Waals surface area contributed by atoms with Crippen molar-refractivity contribution in [3.05, 3.63) is 29.4 Å². The Balaban J connectivity index is 2.18. The van der Waals surface area contributed by atoms with E-state index < -0.39 is 21.9 Å². The number of hydrogen-bond acceptors (Lipinski definition) is 6. The van der Waals surface area contributed by atoms with Gasteiger partial charge in [0.1, 0.15) is 15.6 Å². The van der Waals surface area contributed by atoms with Gasteiger partial charge in [-0.3, -0.25) is 14.2 Å². The number of carboxylic acid groups (broad SMARTS) is 1. The lowest BCUT2D eigenvalue weighted by Crippen LogP contribution is -2.18. The van der Waals surface area contributed by atoms with Gasteiger partial charge >= 0.3 is 5.97 Å². The van der Waals surface area contributed by atoms with E-state index >= 15 is 0 Å². The number of hydrogen-bond donors (Lipinski definition) is 3. The number of thiophene rings is 1. The van der Waals surface area contributed by atoms with E-state index in [4.69, 9.17) is 10.8 Å². The molecular weight excluding hydrogens is 320 g/mol. The molecular formula is C10H10N4O5S2. The average Bonchev–Trinajstić information content (AvgIpc) is 2.97. The lowest BCUT2D eigenvalue weighted by Gasteiger charge is -2.02. The molecule has 2 aromatic heterocycles. The Morgan fingerprint density at radius 1 is 1.43 bits per heavy atom. The SMILES string of the molecule is NC(=O)Cn1cc(NS(=O)(=O)c2ccc(C(=O)O)s2)cn1. The van der Waals surface area contributed by atoms with Crippen molar-refractivity contribution in [2.24, 2.45) is 5.73 Å². The molecule has 0 saturated heterocycles. The van der Waals surface area contributed by atoms with Crippen molar-refractivity contribution in [1.29, 1.82) is 0 Å². The first-order valence-corrected chi connectivity index (χ1v) is 7.74. The van der Waals surface area contributed by atoms with Gasteiger partial charge in [-0.25, -0.2) is 13.2 Å². The molecule has 9 nitrogen and oxygen atoms in total. The van der Waals surface area contributed by atoms with Gasteiger partial charge in [0.2, 0.25) is 5.91 Å². The van der Waals surface area contributed by atoms with Gasteiger partial charge in [0, 0.05) is 6.20 Å². The summed E-state index contributed by atoms with van der Waals surface area (Å²) in [6.45, 7) is -0.177. The second-order valence-electron chi connectivity index (χ2n) is 3.92. The topological polar surface area (TPSA) is 144 Å². The first-order chi connectivity index (χ1) is 9.78. The molecule has 0 aliphatic heterocycles. The Hall–Kier alpha value is -2.40. The number of amides is 1. The highest BCUT2D eigenvalue weighted by molar-refractivity contribution is 7.94. The van der Waals surface area contributed by atoms with Crippen LogP contribution in [-0.2, 0) is 21.4 Å². The second-order valence-corrected chi connectivity index (χ2v) is 6.92. The summed E-state index contributed by atoms with van der Waals surface area (Å²) >= 11 is 0.633. The average molecular weight is 330 g/mol. The fraction of sp³-hybridized carbons (Fsp3) is 0.100. The monoisotopic (exact) mass is 330 g/mol. The molecule has 0 aromatic carbocycles. The van der Waals surface area contributed by atoms with E-state index in [1.165, 1.54) is 29.2 Å². The molecule has 0 unspecified atom stereocenters. The minimum atomic E-state index is -3.91. The molecule has 0 fully saturated rings. The maximum atomic E-state index is 12.0. The van der Waals surface area contributed by atoms with Crippen molar-refractivity contribution >= 4 is 38.9 Å². The predicted octanol–water partition coefficient (Wildman–Crippen LogP) is -0.0711.